The Labute approximate surface area is 365 Å². The van der Waals surface area contributed by atoms with Crippen molar-refractivity contribution in [2.24, 2.45) is 5.73 Å². The molecule has 5 rings (SSSR count). The van der Waals surface area contributed by atoms with E-state index in [1.165, 1.54) is 28.4 Å². The van der Waals surface area contributed by atoms with Crippen molar-refractivity contribution < 1.29 is 132 Å². The third kappa shape index (κ3) is 10.6. The lowest BCUT2D eigenvalue weighted by Gasteiger charge is -2.50. The van der Waals surface area contributed by atoms with Gasteiger partial charge < -0.3 is 128 Å². The molecule has 0 amide bonds. The summed E-state index contributed by atoms with van der Waals surface area (Å²) in [5, 5.41) is 105. The fourth-order valence-corrected chi connectivity index (χ4v) is 8.53. The summed E-state index contributed by atoms with van der Waals surface area (Å²) in [6.07, 6.45) is -38.7. The number of ether oxygens (including phenoxy) is 15. The number of rotatable bonds is 19. The first-order valence-electron chi connectivity index (χ1n) is 20.0. The van der Waals surface area contributed by atoms with Crippen LogP contribution in [-0.4, -0.2) is 279 Å². The van der Waals surface area contributed by atoms with Crippen LogP contribution in [0, 0.1) is 0 Å². The quantitative estimate of drug-likeness (QED) is 0.0573. The molecule has 28 heteroatoms. The highest BCUT2D eigenvalue weighted by molar-refractivity contribution is 5.74. The maximum atomic E-state index is 12.7. The van der Waals surface area contributed by atoms with Crippen LogP contribution in [0.5, 0.6) is 0 Å². The second-order valence-electron chi connectivity index (χ2n) is 15.4. The van der Waals surface area contributed by atoms with E-state index in [0.29, 0.717) is 0 Å². The molecule has 5 aliphatic heterocycles. The van der Waals surface area contributed by atoms with Crippen LogP contribution in [0.25, 0.3) is 0 Å². The fraction of sp³-hybridized carbons (Fsp3) is 0.944. The molecular formula is C36H61NO27. The zero-order chi connectivity index (χ0) is 47.3. The molecule has 5 fully saturated rings. The van der Waals surface area contributed by atoms with E-state index < -0.39 is 185 Å². The van der Waals surface area contributed by atoms with Crippen molar-refractivity contribution >= 4 is 11.9 Å². The molecule has 0 aromatic heterocycles. The zero-order valence-corrected chi connectivity index (χ0v) is 35.5. The van der Waals surface area contributed by atoms with E-state index in [0.717, 1.165) is 14.2 Å². The van der Waals surface area contributed by atoms with E-state index in [4.69, 9.17) is 76.8 Å². The van der Waals surface area contributed by atoms with E-state index in [2.05, 4.69) is 0 Å². The molecule has 64 heavy (non-hydrogen) atoms. The summed E-state index contributed by atoms with van der Waals surface area (Å²) in [6, 6.07) is -1.09. The summed E-state index contributed by atoms with van der Waals surface area (Å²) in [5.41, 5.74) is 6.39. The van der Waals surface area contributed by atoms with Crippen LogP contribution < -0.4 is 5.73 Å². The van der Waals surface area contributed by atoms with Crippen LogP contribution in [0.2, 0.25) is 0 Å². The molecule has 0 bridgehead atoms. The van der Waals surface area contributed by atoms with E-state index in [1.807, 2.05) is 0 Å². The lowest BCUT2D eigenvalue weighted by molar-refractivity contribution is -0.389. The summed E-state index contributed by atoms with van der Waals surface area (Å²) in [5.74, 6) is -3.27. The Morgan fingerprint density at radius 3 is 1.19 bits per heavy atom. The molecule has 12 N–H and O–H groups in total. The number of carboxylic acids is 2. The standard InChI is InChI=1S/C36H61NO27/c1-50-20-12(9-40)57-33(13(37)21(20)51-2)61-24-22(52-3)28(54-5)36(63-26(24)30(45)46)60-19-11(8-39)58-34(17(44)15(19)42)62-25-23(53-4)29(55-6)35(64-27(25)31(47)48)59-18-10(7-38)56-32(49)16(43)14(18)41/h10-29,32-36,38-44,49H,7-9,37H2,1-6H3,(H,45,46)(H,47,48)/t10?,11-,12?,13?,14-,15?,16?,17?,18+,19-,20+,21-,22+,23?,24-,25+,26?,27-,28?,29?,32-,33+,34-,35+,36-/m1/s1. The summed E-state index contributed by atoms with van der Waals surface area (Å²) in [6.45, 7) is -2.32. The number of hydrogen-bond donors (Lipinski definition) is 11. The molecule has 372 valence electrons. The molecule has 0 spiro atoms. The monoisotopic (exact) mass is 939 g/mol. The zero-order valence-electron chi connectivity index (χ0n) is 35.5. The second kappa shape index (κ2) is 23.3. The Hall–Kier alpha value is -2.02. The lowest BCUT2D eigenvalue weighted by atomic mass is 9.94. The van der Waals surface area contributed by atoms with Crippen LogP contribution in [0.1, 0.15) is 0 Å². The first kappa shape index (κ1) is 52.9. The van der Waals surface area contributed by atoms with E-state index in [-0.39, 0.29) is 0 Å². The fourth-order valence-electron chi connectivity index (χ4n) is 8.53. The van der Waals surface area contributed by atoms with Crippen LogP contribution in [0.3, 0.4) is 0 Å². The highest BCUT2D eigenvalue weighted by Gasteiger charge is 2.59. The van der Waals surface area contributed by atoms with Gasteiger partial charge in [-0.1, -0.05) is 0 Å². The van der Waals surface area contributed by atoms with Gasteiger partial charge in [0.2, 0.25) is 0 Å². The second-order valence-corrected chi connectivity index (χ2v) is 15.4. The Balaban J connectivity index is 1.33. The van der Waals surface area contributed by atoms with Crippen LogP contribution in [0.4, 0.5) is 0 Å². The lowest BCUT2D eigenvalue weighted by Crippen LogP contribution is -2.69. The van der Waals surface area contributed by atoms with Gasteiger partial charge >= 0.3 is 11.9 Å². The molecule has 0 aliphatic carbocycles. The summed E-state index contributed by atoms with van der Waals surface area (Å²) in [7, 11) is 7.40. The molecule has 0 radical (unpaired) electrons. The van der Waals surface area contributed by atoms with Crippen LogP contribution >= 0.6 is 0 Å². The first-order valence-corrected chi connectivity index (χ1v) is 20.0. The van der Waals surface area contributed by atoms with Gasteiger partial charge in [-0.2, -0.15) is 0 Å². The van der Waals surface area contributed by atoms with Crippen molar-refractivity contribution in [1.82, 2.24) is 0 Å². The normalized spacial score (nSPS) is 47.9. The van der Waals surface area contributed by atoms with Crippen molar-refractivity contribution in [1.29, 1.82) is 0 Å². The summed E-state index contributed by atoms with van der Waals surface area (Å²) >= 11 is 0. The summed E-state index contributed by atoms with van der Waals surface area (Å²) < 4.78 is 85.3. The van der Waals surface area contributed by atoms with Crippen molar-refractivity contribution in [3.05, 3.63) is 0 Å². The smallest absolute Gasteiger partial charge is 0.335 e. The van der Waals surface area contributed by atoms with E-state index in [9.17, 15) is 60.7 Å². The van der Waals surface area contributed by atoms with Crippen LogP contribution in [-0.2, 0) is 80.6 Å². The minimum atomic E-state index is -2.11. The van der Waals surface area contributed by atoms with Crippen LogP contribution in [0.15, 0.2) is 0 Å². The van der Waals surface area contributed by atoms with Crippen molar-refractivity contribution in [2.75, 3.05) is 62.5 Å². The van der Waals surface area contributed by atoms with Gasteiger partial charge in [0.15, 0.2) is 43.7 Å². The topological polar surface area (TPSA) is 401 Å². The van der Waals surface area contributed by atoms with Gasteiger partial charge in [0.05, 0.1) is 25.9 Å². The number of hydrogen-bond acceptors (Lipinski definition) is 26. The van der Waals surface area contributed by atoms with Gasteiger partial charge in [-0.05, 0) is 0 Å². The van der Waals surface area contributed by atoms with Gasteiger partial charge in [-0.15, -0.1) is 0 Å². The third-order valence-electron chi connectivity index (χ3n) is 11.8. The predicted molar refractivity (Wildman–Crippen MR) is 198 cm³/mol. The van der Waals surface area contributed by atoms with Gasteiger partial charge in [0.25, 0.3) is 0 Å². The molecule has 5 aliphatic rings. The molecule has 0 aromatic rings. The Kier molecular flexibility index (Phi) is 19.3. The Morgan fingerprint density at radius 2 is 0.781 bits per heavy atom. The van der Waals surface area contributed by atoms with Gasteiger partial charge in [0, 0.05) is 42.7 Å². The molecule has 0 saturated carbocycles. The number of carboxylic acid groups (broad SMARTS) is 2. The largest absolute Gasteiger partial charge is 0.479 e. The molecule has 5 saturated heterocycles. The average molecular weight is 940 g/mol. The predicted octanol–water partition coefficient (Wildman–Crippen LogP) is -7.85. The number of methoxy groups -OCH3 is 6. The van der Waals surface area contributed by atoms with Crippen molar-refractivity contribution in [2.45, 2.75) is 153 Å². The Morgan fingerprint density at radius 1 is 0.422 bits per heavy atom. The van der Waals surface area contributed by atoms with E-state index in [1.54, 1.807) is 0 Å². The molecule has 5 heterocycles. The van der Waals surface area contributed by atoms with Gasteiger partial charge in [-0.25, -0.2) is 9.59 Å². The number of aliphatic hydroxyl groups excluding tert-OH is 8. The maximum Gasteiger partial charge on any atom is 0.335 e. The average Bonchev–Trinajstić information content (AvgIpc) is 3.28. The van der Waals surface area contributed by atoms with Crippen molar-refractivity contribution in [3.8, 4) is 0 Å². The Bertz CT molecular complexity index is 1470. The maximum absolute atomic E-state index is 12.7. The minimum absolute atomic E-state index is 0.548. The van der Waals surface area contributed by atoms with E-state index >= 15 is 0 Å². The number of carbonyl (C=O) groups is 2. The number of aliphatic carboxylic acids is 2. The molecule has 0 aromatic carbocycles. The minimum Gasteiger partial charge on any atom is -0.479 e. The van der Waals surface area contributed by atoms with Gasteiger partial charge in [-0.3, -0.25) is 0 Å². The number of nitrogens with two attached hydrogens (primary N) is 1. The molecular weight excluding hydrogens is 878 g/mol. The molecule has 10 unspecified atom stereocenters. The molecule has 25 atom stereocenters. The highest BCUT2D eigenvalue weighted by atomic mass is 16.8. The third-order valence-corrected chi connectivity index (χ3v) is 11.8. The first-order chi connectivity index (χ1) is 30.5. The highest BCUT2D eigenvalue weighted by Crippen LogP contribution is 2.38. The SMILES string of the molecule is COC1C(OC)[C@H](O[C@H]2O[C@H](CO)[C@@H](O[C@@H]3OC(C(=O)O)[C@H](O[C@@H]4OC(CO)[C@H](OC)[C@H](OC)C4N)[C@H](OC)C3OC)C(O)C2O)[C@H](C(=O)O)O[C@@H]1O[C@H]1C(CO)O[C@@H](O)C(O)[C@H]1O. The van der Waals surface area contributed by atoms with Gasteiger partial charge in [0.1, 0.15) is 104 Å². The summed E-state index contributed by atoms with van der Waals surface area (Å²) in [4.78, 5) is 25.4. The number of aliphatic hydroxyl groups is 8. The molecule has 28 nitrogen and oxygen atoms in total. The van der Waals surface area contributed by atoms with Crippen molar-refractivity contribution in [3.63, 3.8) is 0 Å².